The van der Waals surface area contributed by atoms with Gasteiger partial charge in [0, 0.05) is 10.6 Å². The van der Waals surface area contributed by atoms with Gasteiger partial charge in [-0.2, -0.15) is 0 Å². The molecule has 0 aliphatic carbocycles. The highest BCUT2D eigenvalue weighted by molar-refractivity contribution is 7.93. The number of sulfonamides is 1. The maximum absolute atomic E-state index is 13.7. The van der Waals surface area contributed by atoms with Gasteiger partial charge in [-0.05, 0) is 43.3 Å². The molecule has 29 heavy (non-hydrogen) atoms. The van der Waals surface area contributed by atoms with Gasteiger partial charge in [0.15, 0.2) is 0 Å². The van der Waals surface area contributed by atoms with Crippen LogP contribution in [-0.2, 0) is 20.5 Å². The van der Waals surface area contributed by atoms with Crippen LogP contribution in [0.2, 0.25) is 5.02 Å². The molecule has 0 N–H and O–H groups in total. The van der Waals surface area contributed by atoms with Crippen molar-refractivity contribution in [1.29, 1.82) is 0 Å². The first-order chi connectivity index (χ1) is 13.9. The summed E-state index contributed by atoms with van der Waals surface area (Å²) in [5.74, 6) is 0.389. The van der Waals surface area contributed by atoms with Crippen LogP contribution in [0.5, 0.6) is 5.75 Å². The van der Waals surface area contributed by atoms with Crippen molar-refractivity contribution in [2.24, 2.45) is 0 Å². The van der Waals surface area contributed by atoms with Crippen molar-refractivity contribution in [3.8, 4) is 5.75 Å². The Labute approximate surface area is 174 Å². The third kappa shape index (κ3) is 3.18. The lowest BCUT2D eigenvalue weighted by molar-refractivity contribution is -0.111. The van der Waals surface area contributed by atoms with Crippen molar-refractivity contribution >= 4 is 33.6 Å². The summed E-state index contributed by atoms with van der Waals surface area (Å²) in [5, 5.41) is 0.499. The van der Waals surface area contributed by atoms with E-state index >= 15 is 0 Å². The molecular formula is C22H18ClNO4S. The van der Waals surface area contributed by atoms with Crippen LogP contribution in [-0.4, -0.2) is 14.7 Å². The fourth-order valence-electron chi connectivity index (χ4n) is 3.51. The molecule has 0 saturated heterocycles. The van der Waals surface area contributed by atoms with Crippen molar-refractivity contribution in [1.82, 2.24) is 0 Å². The minimum Gasteiger partial charge on any atom is -0.460 e. The largest absolute Gasteiger partial charge is 0.460 e. The number of hydrogen-bond acceptors (Lipinski definition) is 4. The summed E-state index contributed by atoms with van der Waals surface area (Å²) in [6.45, 7) is 1.88. The SMILES string of the molecule is Cc1ccc(S(=O)(=O)N2c3ccccc3OC2(CC=O)c2ccc(Cl)cc2)cc1. The van der Waals surface area contributed by atoms with E-state index in [9.17, 15) is 13.2 Å². The number of nitrogens with zero attached hydrogens (tertiary/aromatic N) is 1. The molecule has 1 heterocycles. The molecule has 1 aliphatic heterocycles. The first kappa shape index (κ1) is 19.5. The molecular weight excluding hydrogens is 410 g/mol. The van der Waals surface area contributed by atoms with E-state index in [0.717, 1.165) is 5.56 Å². The summed E-state index contributed by atoms with van der Waals surface area (Å²) in [4.78, 5) is 11.8. The number of ether oxygens (including phenoxy) is 1. The number of anilines is 1. The highest BCUT2D eigenvalue weighted by atomic mass is 35.5. The summed E-state index contributed by atoms with van der Waals surface area (Å²) in [6, 6.07) is 20.1. The van der Waals surface area contributed by atoms with E-state index in [0.29, 0.717) is 28.3 Å². The smallest absolute Gasteiger partial charge is 0.267 e. The zero-order valence-corrected chi connectivity index (χ0v) is 17.2. The molecule has 5 nitrogen and oxygen atoms in total. The van der Waals surface area contributed by atoms with Gasteiger partial charge in [0.2, 0.25) is 5.72 Å². The third-order valence-electron chi connectivity index (χ3n) is 4.91. The predicted molar refractivity (Wildman–Crippen MR) is 112 cm³/mol. The number of para-hydroxylation sites is 2. The summed E-state index contributed by atoms with van der Waals surface area (Å²) in [5.41, 5.74) is 0.296. The molecule has 148 valence electrons. The normalized spacial score (nSPS) is 18.2. The van der Waals surface area contributed by atoms with Crippen LogP contribution < -0.4 is 9.04 Å². The monoisotopic (exact) mass is 427 g/mol. The molecule has 7 heteroatoms. The lowest BCUT2D eigenvalue weighted by atomic mass is 10.00. The first-order valence-electron chi connectivity index (χ1n) is 8.98. The Kier molecular flexibility index (Phi) is 4.84. The van der Waals surface area contributed by atoms with Gasteiger partial charge < -0.3 is 9.53 Å². The van der Waals surface area contributed by atoms with Crippen molar-refractivity contribution in [2.75, 3.05) is 4.31 Å². The Hall–Kier alpha value is -2.83. The van der Waals surface area contributed by atoms with Crippen LogP contribution in [0, 0.1) is 6.92 Å². The first-order valence-corrected chi connectivity index (χ1v) is 10.8. The molecule has 0 amide bonds. The summed E-state index contributed by atoms with van der Waals surface area (Å²) >= 11 is 6.02. The number of aryl methyl sites for hydroxylation is 1. The zero-order valence-electron chi connectivity index (χ0n) is 15.6. The summed E-state index contributed by atoms with van der Waals surface area (Å²) in [6.07, 6.45) is 0.479. The van der Waals surface area contributed by atoms with Crippen LogP contribution in [0.25, 0.3) is 0 Å². The summed E-state index contributed by atoms with van der Waals surface area (Å²) < 4.78 is 34.9. The lowest BCUT2D eigenvalue weighted by Crippen LogP contribution is -2.50. The van der Waals surface area contributed by atoms with E-state index < -0.39 is 15.7 Å². The number of fused-ring (bicyclic) bond motifs is 1. The fourth-order valence-corrected chi connectivity index (χ4v) is 5.34. The van der Waals surface area contributed by atoms with Gasteiger partial charge in [-0.25, -0.2) is 12.7 Å². The highest BCUT2D eigenvalue weighted by Gasteiger charge is 2.53. The average molecular weight is 428 g/mol. The molecule has 1 atom stereocenters. The molecule has 0 bridgehead atoms. The van der Waals surface area contributed by atoms with Crippen LogP contribution >= 0.6 is 11.6 Å². The van der Waals surface area contributed by atoms with Gasteiger partial charge in [-0.3, -0.25) is 0 Å². The quantitative estimate of drug-likeness (QED) is 0.554. The molecule has 3 aromatic carbocycles. The molecule has 1 aliphatic rings. The van der Waals surface area contributed by atoms with Crippen molar-refractivity contribution in [3.05, 3.63) is 88.9 Å². The van der Waals surface area contributed by atoms with E-state index in [1.807, 2.05) is 6.92 Å². The number of halogens is 1. The molecule has 1 unspecified atom stereocenters. The molecule has 0 saturated carbocycles. The van der Waals surface area contributed by atoms with Gasteiger partial charge in [0.25, 0.3) is 10.0 Å². The number of benzene rings is 3. The number of aldehydes is 1. The fraction of sp³-hybridized carbons (Fsp3) is 0.136. The van der Waals surface area contributed by atoms with Crippen LogP contribution in [0.1, 0.15) is 17.5 Å². The second kappa shape index (κ2) is 7.21. The second-order valence-electron chi connectivity index (χ2n) is 6.81. The van der Waals surface area contributed by atoms with Crippen molar-refractivity contribution in [3.63, 3.8) is 0 Å². The van der Waals surface area contributed by atoms with Crippen LogP contribution in [0.15, 0.2) is 77.7 Å². The Morgan fingerprint density at radius 2 is 1.66 bits per heavy atom. The number of carbonyl (C=O) groups excluding carboxylic acids is 1. The Morgan fingerprint density at radius 3 is 2.31 bits per heavy atom. The molecule has 4 rings (SSSR count). The van der Waals surface area contributed by atoms with Gasteiger partial charge in [0.1, 0.15) is 12.0 Å². The Bertz CT molecular complexity index is 1160. The minimum absolute atomic E-state index is 0.118. The van der Waals surface area contributed by atoms with E-state index in [1.165, 1.54) is 4.31 Å². The summed E-state index contributed by atoms with van der Waals surface area (Å²) in [7, 11) is -4.04. The van der Waals surface area contributed by atoms with Gasteiger partial charge in [-0.15, -0.1) is 0 Å². The molecule has 0 aromatic heterocycles. The van der Waals surface area contributed by atoms with Crippen molar-refractivity contribution in [2.45, 2.75) is 24.0 Å². The third-order valence-corrected chi connectivity index (χ3v) is 7.00. The lowest BCUT2D eigenvalue weighted by Gasteiger charge is -2.36. The van der Waals surface area contributed by atoms with E-state index in [2.05, 4.69) is 0 Å². The minimum atomic E-state index is -4.04. The van der Waals surface area contributed by atoms with Crippen LogP contribution in [0.4, 0.5) is 5.69 Å². The van der Waals surface area contributed by atoms with Crippen molar-refractivity contribution < 1.29 is 17.9 Å². The second-order valence-corrected chi connectivity index (χ2v) is 9.04. The van der Waals surface area contributed by atoms with Gasteiger partial charge >= 0.3 is 0 Å². The van der Waals surface area contributed by atoms with E-state index in [-0.39, 0.29) is 11.3 Å². The molecule has 0 radical (unpaired) electrons. The Balaban J connectivity index is 1.98. The average Bonchev–Trinajstić information content (AvgIpc) is 3.04. The number of rotatable bonds is 5. The maximum Gasteiger partial charge on any atom is 0.267 e. The number of hydrogen-bond donors (Lipinski definition) is 0. The maximum atomic E-state index is 13.7. The molecule has 0 fully saturated rings. The standard InChI is InChI=1S/C22H18ClNO4S/c1-16-6-12-19(13-7-16)29(26,27)24-20-4-2-3-5-21(20)28-22(24,14-15-25)17-8-10-18(23)11-9-17/h2-13,15H,14H2,1H3. The van der Waals surface area contributed by atoms with E-state index in [4.69, 9.17) is 16.3 Å². The van der Waals surface area contributed by atoms with E-state index in [1.54, 1.807) is 72.8 Å². The van der Waals surface area contributed by atoms with Gasteiger partial charge in [-0.1, -0.05) is 53.6 Å². The van der Waals surface area contributed by atoms with Gasteiger partial charge in [0.05, 0.1) is 17.0 Å². The molecule has 0 spiro atoms. The zero-order chi connectivity index (χ0) is 20.6. The Morgan fingerprint density at radius 1 is 1.00 bits per heavy atom. The van der Waals surface area contributed by atoms with Crippen LogP contribution in [0.3, 0.4) is 0 Å². The number of carbonyl (C=O) groups is 1. The highest BCUT2D eigenvalue weighted by Crippen LogP contribution is 2.51. The predicted octanol–water partition coefficient (Wildman–Crippen LogP) is 4.68. The topological polar surface area (TPSA) is 63.7 Å². The molecule has 3 aromatic rings.